The van der Waals surface area contributed by atoms with Crippen LogP contribution >= 0.6 is 0 Å². The Hall–Kier alpha value is -3.42. The number of hydrogen-bond donors (Lipinski definition) is 2. The lowest BCUT2D eigenvalue weighted by molar-refractivity contribution is -0.193. The number of carboxylic acid groups (broad SMARTS) is 2. The first-order chi connectivity index (χ1) is 17.1. The quantitative estimate of drug-likeness (QED) is 0.558. The van der Waals surface area contributed by atoms with Crippen LogP contribution in [0.3, 0.4) is 0 Å². The molecule has 1 fully saturated rings. The molecule has 2 aliphatic rings. The second-order valence-electron chi connectivity index (χ2n) is 8.66. The van der Waals surface area contributed by atoms with Crippen molar-refractivity contribution >= 4 is 17.9 Å². The Morgan fingerprint density at radius 2 is 1.38 bits per heavy atom. The van der Waals surface area contributed by atoms with Crippen LogP contribution in [0.1, 0.15) is 36.9 Å². The van der Waals surface area contributed by atoms with Gasteiger partial charge in [-0.15, -0.1) is 0 Å². The van der Waals surface area contributed by atoms with Crippen molar-refractivity contribution in [2.45, 2.75) is 44.2 Å². The van der Waals surface area contributed by atoms with Gasteiger partial charge in [0, 0.05) is 49.4 Å². The van der Waals surface area contributed by atoms with Gasteiger partial charge in [-0.3, -0.25) is 4.90 Å². The van der Waals surface area contributed by atoms with E-state index < -0.39 is 24.3 Å². The summed E-state index contributed by atoms with van der Waals surface area (Å²) in [6.07, 6.45) is -6.50. The third-order valence-electron chi connectivity index (χ3n) is 6.06. The number of halogens is 6. The minimum Gasteiger partial charge on any atom is -0.475 e. The number of carboxylic acids is 2. The highest BCUT2D eigenvalue weighted by molar-refractivity contribution is 5.73. The molecule has 2 aromatic rings. The van der Waals surface area contributed by atoms with Crippen molar-refractivity contribution in [3.8, 4) is 0 Å². The van der Waals surface area contributed by atoms with Gasteiger partial charge in [0.2, 0.25) is 5.95 Å². The third kappa shape index (κ3) is 7.54. The number of aliphatic carboxylic acids is 2. The maximum absolute atomic E-state index is 10.6. The van der Waals surface area contributed by atoms with Gasteiger partial charge >= 0.3 is 24.3 Å². The first kappa shape index (κ1) is 29.8. The largest absolute Gasteiger partial charge is 0.490 e. The van der Waals surface area contributed by atoms with E-state index in [-0.39, 0.29) is 0 Å². The number of hydrogen-bond acceptors (Lipinski definition) is 6. The monoisotopic (exact) mass is 536 g/mol. The fourth-order valence-corrected chi connectivity index (χ4v) is 4.29. The van der Waals surface area contributed by atoms with Crippen LogP contribution in [0.2, 0.25) is 0 Å². The average Bonchev–Trinajstić information content (AvgIpc) is 3.36. The van der Waals surface area contributed by atoms with E-state index in [0.717, 1.165) is 19.0 Å². The fourth-order valence-electron chi connectivity index (χ4n) is 4.29. The molecule has 1 saturated heterocycles. The van der Waals surface area contributed by atoms with Crippen molar-refractivity contribution in [3.05, 3.63) is 53.9 Å². The molecule has 0 saturated carbocycles. The van der Waals surface area contributed by atoms with E-state index in [1.165, 1.54) is 11.1 Å². The predicted octanol–water partition coefficient (Wildman–Crippen LogP) is 4.36. The van der Waals surface area contributed by atoms with Crippen molar-refractivity contribution in [1.82, 2.24) is 14.9 Å². The number of alkyl halides is 6. The molecule has 3 atom stereocenters. The molecular weight excluding hydrogens is 510 g/mol. The zero-order valence-corrected chi connectivity index (χ0v) is 20.0. The maximum Gasteiger partial charge on any atom is 0.490 e. The normalized spacial score (nSPS) is 20.4. The Kier molecular flexibility index (Phi) is 9.47. The van der Waals surface area contributed by atoms with Gasteiger partial charge in [-0.25, -0.2) is 19.6 Å². The minimum atomic E-state index is -5.08. The van der Waals surface area contributed by atoms with E-state index in [0.29, 0.717) is 23.9 Å². The number of benzene rings is 1. The molecule has 14 heteroatoms. The minimum absolute atomic E-state index is 0.491. The number of anilines is 1. The predicted molar refractivity (Wildman–Crippen MR) is 120 cm³/mol. The van der Waals surface area contributed by atoms with E-state index >= 15 is 0 Å². The van der Waals surface area contributed by atoms with Gasteiger partial charge in [0.1, 0.15) is 0 Å². The van der Waals surface area contributed by atoms with Gasteiger partial charge in [0.15, 0.2) is 0 Å². The van der Waals surface area contributed by atoms with Crippen LogP contribution in [0.25, 0.3) is 0 Å². The Morgan fingerprint density at radius 3 is 1.81 bits per heavy atom. The van der Waals surface area contributed by atoms with Crippen LogP contribution < -0.4 is 4.90 Å². The van der Waals surface area contributed by atoms with Crippen LogP contribution in [-0.4, -0.2) is 75.6 Å². The van der Waals surface area contributed by atoms with E-state index in [1.807, 2.05) is 18.5 Å². The Labute approximate surface area is 208 Å². The van der Waals surface area contributed by atoms with Crippen molar-refractivity contribution in [2.24, 2.45) is 5.92 Å². The molecule has 2 heterocycles. The SMILES string of the molecule is CC(C)N(C)[C@H]1c2ccccc2[C@@H]2CN(c3ncccn3)C[C@@H]21.O=C(O)C(F)(F)F.O=C(O)C(F)(F)F. The van der Waals surface area contributed by atoms with Gasteiger partial charge in [-0.05, 0) is 38.1 Å². The van der Waals surface area contributed by atoms with Crippen molar-refractivity contribution in [3.63, 3.8) is 0 Å². The van der Waals surface area contributed by atoms with Gasteiger partial charge in [0.25, 0.3) is 0 Å². The van der Waals surface area contributed by atoms with Crippen LogP contribution in [-0.2, 0) is 9.59 Å². The maximum atomic E-state index is 10.6. The first-order valence-electron chi connectivity index (χ1n) is 11.0. The second-order valence-corrected chi connectivity index (χ2v) is 8.66. The van der Waals surface area contributed by atoms with E-state index in [9.17, 15) is 26.3 Å². The average molecular weight is 536 g/mol. The molecule has 1 aromatic carbocycles. The van der Waals surface area contributed by atoms with Gasteiger partial charge < -0.3 is 15.1 Å². The summed E-state index contributed by atoms with van der Waals surface area (Å²) in [5, 5.41) is 14.2. The molecule has 0 unspecified atom stereocenters. The number of aromatic nitrogens is 2. The van der Waals surface area contributed by atoms with Crippen LogP contribution in [0.4, 0.5) is 32.3 Å². The number of carbonyl (C=O) groups is 2. The lowest BCUT2D eigenvalue weighted by atomic mass is 9.93. The summed E-state index contributed by atoms with van der Waals surface area (Å²) in [4.78, 5) is 31.6. The second kappa shape index (κ2) is 11.8. The van der Waals surface area contributed by atoms with Gasteiger partial charge in [-0.2, -0.15) is 26.3 Å². The molecule has 204 valence electrons. The molecule has 2 N–H and O–H groups in total. The van der Waals surface area contributed by atoms with Crippen molar-refractivity contribution in [2.75, 3.05) is 25.0 Å². The molecule has 0 spiro atoms. The summed E-state index contributed by atoms with van der Waals surface area (Å²) in [6.45, 7) is 6.62. The summed E-state index contributed by atoms with van der Waals surface area (Å²) in [5.74, 6) is -3.45. The highest BCUT2D eigenvalue weighted by Gasteiger charge is 2.48. The van der Waals surface area contributed by atoms with Gasteiger partial charge in [-0.1, -0.05) is 24.3 Å². The number of rotatable bonds is 3. The molecular formula is C23H26F6N4O4. The fraction of sp³-hybridized carbons (Fsp3) is 0.478. The molecule has 0 bridgehead atoms. The van der Waals surface area contributed by atoms with Crippen molar-refractivity contribution < 1.29 is 46.1 Å². The Bertz CT molecular complexity index is 1040. The molecule has 1 aliphatic heterocycles. The number of nitrogens with zero attached hydrogens (tertiary/aromatic N) is 4. The summed E-state index contributed by atoms with van der Waals surface area (Å²) < 4.78 is 63.5. The molecule has 1 aliphatic carbocycles. The molecule has 8 nitrogen and oxygen atoms in total. The first-order valence-corrected chi connectivity index (χ1v) is 11.0. The number of fused-ring (bicyclic) bond motifs is 3. The molecule has 4 rings (SSSR count). The molecule has 1 aromatic heterocycles. The summed E-state index contributed by atoms with van der Waals surface area (Å²) in [6, 6.07) is 11.9. The van der Waals surface area contributed by atoms with E-state index in [4.69, 9.17) is 19.8 Å². The molecule has 0 amide bonds. The van der Waals surface area contributed by atoms with E-state index in [1.54, 1.807) is 0 Å². The third-order valence-corrected chi connectivity index (χ3v) is 6.06. The summed E-state index contributed by atoms with van der Waals surface area (Å²) >= 11 is 0. The summed E-state index contributed by atoms with van der Waals surface area (Å²) in [5.41, 5.74) is 3.04. The zero-order valence-electron chi connectivity index (χ0n) is 20.0. The van der Waals surface area contributed by atoms with Crippen molar-refractivity contribution in [1.29, 1.82) is 0 Å². The zero-order chi connectivity index (χ0) is 28.1. The lowest BCUT2D eigenvalue weighted by Gasteiger charge is -2.33. The smallest absolute Gasteiger partial charge is 0.475 e. The lowest BCUT2D eigenvalue weighted by Crippen LogP contribution is -2.35. The molecule has 0 radical (unpaired) electrons. The highest BCUT2D eigenvalue weighted by atomic mass is 19.4. The van der Waals surface area contributed by atoms with Crippen LogP contribution in [0.15, 0.2) is 42.7 Å². The Morgan fingerprint density at radius 1 is 0.919 bits per heavy atom. The van der Waals surface area contributed by atoms with Gasteiger partial charge in [0.05, 0.1) is 0 Å². The Balaban J connectivity index is 0.000000286. The highest BCUT2D eigenvalue weighted by Crippen LogP contribution is 2.52. The summed E-state index contributed by atoms with van der Waals surface area (Å²) in [7, 11) is 2.26. The standard InChI is InChI=1S/C19H24N4.2C2HF3O2/c1-13(2)22(3)18-15-8-5-4-7-14(15)16-11-23(12-17(16)18)19-20-9-6-10-21-19;2*3-2(4,5)1(6)7/h4-10,13,16-18H,11-12H2,1-3H3;2*(H,6,7)/t16-,17-,18-;;/m0../s1. The topological polar surface area (TPSA) is 107 Å². The molecule has 37 heavy (non-hydrogen) atoms. The van der Waals surface area contributed by atoms with Crippen LogP contribution in [0.5, 0.6) is 0 Å². The van der Waals surface area contributed by atoms with Crippen LogP contribution in [0, 0.1) is 5.92 Å². The van der Waals surface area contributed by atoms with E-state index in [2.05, 4.69) is 64.9 Å².